The third kappa shape index (κ3) is 5.17. The summed E-state index contributed by atoms with van der Waals surface area (Å²) in [5, 5.41) is 6.28. The second-order valence-electron chi connectivity index (χ2n) is 7.66. The quantitative estimate of drug-likeness (QED) is 0.805. The van der Waals surface area contributed by atoms with Gasteiger partial charge >= 0.3 is 0 Å². The van der Waals surface area contributed by atoms with Gasteiger partial charge in [-0.2, -0.15) is 0 Å². The molecule has 2 amide bonds. The lowest BCUT2D eigenvalue weighted by Gasteiger charge is -2.29. The number of carbonyl (C=O) groups is 2. The van der Waals surface area contributed by atoms with Crippen LogP contribution in [0, 0.1) is 5.92 Å². The highest BCUT2D eigenvalue weighted by Gasteiger charge is 2.23. The molecule has 1 fully saturated rings. The normalized spacial score (nSPS) is 16.5. The minimum atomic E-state index is 0. The Balaban J connectivity index is 0.00000240. The van der Waals surface area contributed by atoms with Gasteiger partial charge in [0, 0.05) is 23.8 Å². The zero-order valence-corrected chi connectivity index (χ0v) is 17.3. The number of aryl methyl sites for hydroxylation is 1. The summed E-state index contributed by atoms with van der Waals surface area (Å²) in [6.45, 7) is 2.58. The van der Waals surface area contributed by atoms with Gasteiger partial charge in [0.25, 0.3) is 0 Å². The molecule has 6 heteroatoms. The van der Waals surface area contributed by atoms with E-state index in [0.717, 1.165) is 62.3 Å². The molecule has 0 spiro atoms. The first-order valence-electron chi connectivity index (χ1n) is 10.2. The van der Waals surface area contributed by atoms with Crippen molar-refractivity contribution in [2.24, 2.45) is 5.92 Å². The minimum Gasteiger partial charge on any atom is -0.326 e. The Morgan fingerprint density at radius 3 is 2.52 bits per heavy atom. The summed E-state index contributed by atoms with van der Waals surface area (Å²) >= 11 is 0. The number of para-hydroxylation sites is 1. The molecule has 2 aliphatic rings. The van der Waals surface area contributed by atoms with Crippen molar-refractivity contribution in [1.82, 2.24) is 5.32 Å². The van der Waals surface area contributed by atoms with Crippen molar-refractivity contribution in [3.05, 3.63) is 59.7 Å². The van der Waals surface area contributed by atoms with Crippen LogP contribution in [0.15, 0.2) is 48.5 Å². The largest absolute Gasteiger partial charge is 0.326 e. The van der Waals surface area contributed by atoms with Gasteiger partial charge in [0.2, 0.25) is 11.8 Å². The van der Waals surface area contributed by atoms with E-state index in [0.29, 0.717) is 6.42 Å². The number of benzene rings is 2. The Morgan fingerprint density at radius 1 is 1.03 bits per heavy atom. The van der Waals surface area contributed by atoms with E-state index >= 15 is 0 Å². The summed E-state index contributed by atoms with van der Waals surface area (Å²) in [6, 6.07) is 15.8. The van der Waals surface area contributed by atoms with Crippen molar-refractivity contribution >= 4 is 35.6 Å². The first-order chi connectivity index (χ1) is 13.7. The van der Waals surface area contributed by atoms with Crippen molar-refractivity contribution in [3.8, 4) is 0 Å². The average Bonchev–Trinajstić information content (AvgIpc) is 2.75. The maximum absolute atomic E-state index is 12.8. The predicted molar refractivity (Wildman–Crippen MR) is 119 cm³/mol. The summed E-state index contributed by atoms with van der Waals surface area (Å²) in [5.41, 5.74) is 4.05. The van der Waals surface area contributed by atoms with Crippen LogP contribution in [0.5, 0.6) is 0 Å². The van der Waals surface area contributed by atoms with Gasteiger partial charge in [-0.25, -0.2) is 0 Å². The molecule has 1 saturated heterocycles. The molecule has 4 rings (SSSR count). The molecule has 2 heterocycles. The number of piperidine rings is 1. The molecule has 0 unspecified atom stereocenters. The Bertz CT molecular complexity index is 847. The van der Waals surface area contributed by atoms with E-state index < -0.39 is 0 Å². The van der Waals surface area contributed by atoms with E-state index in [1.807, 2.05) is 47.4 Å². The highest BCUT2D eigenvalue weighted by Crippen LogP contribution is 2.27. The number of nitrogens with zero attached hydrogens (tertiary/aromatic N) is 1. The smallest absolute Gasteiger partial charge is 0.231 e. The molecule has 0 aliphatic carbocycles. The third-order valence-electron chi connectivity index (χ3n) is 5.70. The molecule has 2 aromatic rings. The minimum absolute atomic E-state index is 0. The Labute approximate surface area is 178 Å². The number of hydrogen-bond donors (Lipinski definition) is 2. The van der Waals surface area contributed by atoms with Gasteiger partial charge in [0.1, 0.15) is 0 Å². The lowest BCUT2D eigenvalue weighted by molar-refractivity contribution is -0.120. The van der Waals surface area contributed by atoms with Gasteiger partial charge in [-0.1, -0.05) is 30.3 Å². The molecule has 0 aromatic heterocycles. The summed E-state index contributed by atoms with van der Waals surface area (Å²) in [4.78, 5) is 27.1. The van der Waals surface area contributed by atoms with Crippen molar-refractivity contribution in [3.63, 3.8) is 0 Å². The number of amides is 2. The van der Waals surface area contributed by atoms with Crippen LogP contribution in [-0.4, -0.2) is 31.4 Å². The molecular weight excluding hydrogens is 386 g/mol. The molecule has 5 nitrogen and oxygen atoms in total. The van der Waals surface area contributed by atoms with Crippen LogP contribution in [-0.2, 0) is 22.4 Å². The van der Waals surface area contributed by atoms with Crippen LogP contribution < -0.4 is 15.5 Å². The van der Waals surface area contributed by atoms with E-state index in [9.17, 15) is 9.59 Å². The zero-order valence-electron chi connectivity index (χ0n) is 16.5. The predicted octanol–water partition coefficient (Wildman–Crippen LogP) is 3.57. The summed E-state index contributed by atoms with van der Waals surface area (Å²) in [6.07, 6.45) is 4.18. The lowest BCUT2D eigenvalue weighted by atomic mass is 9.97. The highest BCUT2D eigenvalue weighted by molar-refractivity contribution is 5.96. The standard InChI is InChI=1S/C23H27N3O2.ClH/c27-22(26-15-3-5-18-4-1-2-6-21(18)26)16-17-7-9-20(10-8-17)25-23(28)19-11-13-24-14-12-19;/h1-2,4,6-10,19,24H,3,5,11-16H2,(H,25,28);1H. The van der Waals surface area contributed by atoms with Gasteiger partial charge in [-0.15, -0.1) is 12.4 Å². The van der Waals surface area contributed by atoms with Crippen LogP contribution in [0.3, 0.4) is 0 Å². The second kappa shape index (κ2) is 9.90. The number of rotatable bonds is 4. The van der Waals surface area contributed by atoms with Gasteiger partial charge in [-0.3, -0.25) is 9.59 Å². The molecule has 2 N–H and O–H groups in total. The second-order valence-corrected chi connectivity index (χ2v) is 7.66. The number of nitrogens with one attached hydrogen (secondary N) is 2. The Kier molecular flexibility index (Phi) is 7.29. The molecule has 0 atom stereocenters. The topological polar surface area (TPSA) is 61.4 Å². The number of carbonyl (C=O) groups excluding carboxylic acids is 2. The van der Waals surface area contributed by atoms with Crippen molar-refractivity contribution in [2.75, 3.05) is 29.9 Å². The van der Waals surface area contributed by atoms with E-state index in [-0.39, 0.29) is 30.1 Å². The molecule has 2 aromatic carbocycles. The average molecular weight is 414 g/mol. The number of halogens is 1. The Morgan fingerprint density at radius 2 is 1.76 bits per heavy atom. The van der Waals surface area contributed by atoms with E-state index in [2.05, 4.69) is 16.7 Å². The van der Waals surface area contributed by atoms with Crippen LogP contribution in [0.25, 0.3) is 0 Å². The van der Waals surface area contributed by atoms with Gasteiger partial charge in [0.15, 0.2) is 0 Å². The highest BCUT2D eigenvalue weighted by atomic mass is 35.5. The fourth-order valence-electron chi connectivity index (χ4n) is 4.10. The number of anilines is 2. The molecule has 0 bridgehead atoms. The lowest BCUT2D eigenvalue weighted by Crippen LogP contribution is -2.36. The molecule has 0 saturated carbocycles. The number of hydrogen-bond acceptors (Lipinski definition) is 3. The van der Waals surface area contributed by atoms with E-state index in [1.54, 1.807) is 0 Å². The molecular formula is C23H28ClN3O2. The van der Waals surface area contributed by atoms with Gasteiger partial charge in [-0.05, 0) is 68.1 Å². The first-order valence-corrected chi connectivity index (χ1v) is 10.2. The van der Waals surface area contributed by atoms with Crippen molar-refractivity contribution in [1.29, 1.82) is 0 Å². The number of fused-ring (bicyclic) bond motifs is 1. The van der Waals surface area contributed by atoms with E-state index in [4.69, 9.17) is 0 Å². The molecule has 0 radical (unpaired) electrons. The maximum atomic E-state index is 12.8. The van der Waals surface area contributed by atoms with Gasteiger partial charge in [0.05, 0.1) is 6.42 Å². The first kappa shape index (κ1) is 21.3. The summed E-state index contributed by atoms with van der Waals surface area (Å²) in [7, 11) is 0. The van der Waals surface area contributed by atoms with Crippen LogP contribution in [0.4, 0.5) is 11.4 Å². The Hall–Kier alpha value is -2.37. The third-order valence-corrected chi connectivity index (χ3v) is 5.70. The fourth-order valence-corrected chi connectivity index (χ4v) is 4.10. The van der Waals surface area contributed by atoms with Crippen molar-refractivity contribution in [2.45, 2.75) is 32.1 Å². The van der Waals surface area contributed by atoms with Crippen molar-refractivity contribution < 1.29 is 9.59 Å². The monoisotopic (exact) mass is 413 g/mol. The molecule has 154 valence electrons. The van der Waals surface area contributed by atoms with E-state index in [1.165, 1.54) is 5.56 Å². The zero-order chi connectivity index (χ0) is 19.3. The van der Waals surface area contributed by atoms with Gasteiger partial charge < -0.3 is 15.5 Å². The maximum Gasteiger partial charge on any atom is 0.231 e. The summed E-state index contributed by atoms with van der Waals surface area (Å²) < 4.78 is 0. The SMILES string of the molecule is Cl.O=C(Nc1ccc(CC(=O)N2CCCc3ccccc32)cc1)C1CCNCC1. The van der Waals surface area contributed by atoms with Crippen LogP contribution in [0.1, 0.15) is 30.4 Å². The summed E-state index contributed by atoms with van der Waals surface area (Å²) in [5.74, 6) is 0.301. The fraction of sp³-hybridized carbons (Fsp3) is 0.391. The molecule has 2 aliphatic heterocycles. The molecule has 29 heavy (non-hydrogen) atoms. The van der Waals surface area contributed by atoms with Crippen LogP contribution in [0.2, 0.25) is 0 Å². The van der Waals surface area contributed by atoms with Crippen LogP contribution >= 0.6 is 12.4 Å².